The molecule has 2 aromatic rings. The molecule has 110 valence electrons. The zero-order valence-corrected chi connectivity index (χ0v) is 11.6. The fraction of sp³-hybridized carbons (Fsp3) is 0.417. The number of carbonyl (C=O) groups excluding carboxylic acids is 1. The molecule has 9 heteroatoms. The Morgan fingerprint density at radius 2 is 2.14 bits per heavy atom. The average molecular weight is 288 g/mol. The maximum absolute atomic E-state index is 11.7. The van der Waals surface area contributed by atoms with Gasteiger partial charge in [-0.1, -0.05) is 0 Å². The summed E-state index contributed by atoms with van der Waals surface area (Å²) in [6.07, 6.45) is 5.49. The lowest BCUT2D eigenvalue weighted by Gasteiger charge is -2.08. The Kier molecular flexibility index (Phi) is 3.63. The first kappa shape index (κ1) is 13.3. The molecular weight excluding hydrogens is 272 g/mol. The summed E-state index contributed by atoms with van der Waals surface area (Å²) in [6.45, 7) is 0.127. The van der Waals surface area contributed by atoms with E-state index < -0.39 is 0 Å². The van der Waals surface area contributed by atoms with Gasteiger partial charge in [-0.15, -0.1) is 0 Å². The van der Waals surface area contributed by atoms with Crippen LogP contribution in [0.2, 0.25) is 0 Å². The molecule has 1 fully saturated rings. The van der Waals surface area contributed by atoms with Crippen molar-refractivity contribution in [3.63, 3.8) is 0 Å². The van der Waals surface area contributed by atoms with E-state index in [0.29, 0.717) is 23.9 Å². The summed E-state index contributed by atoms with van der Waals surface area (Å²) in [5.41, 5.74) is 0. The maximum Gasteiger partial charge on any atom is 0.257 e. The van der Waals surface area contributed by atoms with E-state index in [2.05, 4.69) is 36.0 Å². The molecule has 1 saturated carbocycles. The van der Waals surface area contributed by atoms with E-state index in [1.807, 2.05) is 0 Å². The molecule has 3 rings (SSSR count). The van der Waals surface area contributed by atoms with E-state index >= 15 is 0 Å². The Balaban J connectivity index is 1.71. The molecule has 21 heavy (non-hydrogen) atoms. The van der Waals surface area contributed by atoms with Crippen LogP contribution >= 0.6 is 0 Å². The van der Waals surface area contributed by atoms with Gasteiger partial charge in [-0.25, -0.2) is 4.68 Å². The first-order valence-electron chi connectivity index (χ1n) is 6.71. The third kappa shape index (κ3) is 3.44. The van der Waals surface area contributed by atoms with Gasteiger partial charge in [-0.3, -0.25) is 4.79 Å². The number of carbonyl (C=O) groups is 1. The lowest BCUT2D eigenvalue weighted by Crippen LogP contribution is -2.31. The van der Waals surface area contributed by atoms with Crippen LogP contribution in [0.15, 0.2) is 18.5 Å². The van der Waals surface area contributed by atoms with E-state index in [1.54, 1.807) is 25.5 Å². The zero-order valence-electron chi connectivity index (χ0n) is 11.6. The topological polar surface area (TPSA) is 110 Å². The van der Waals surface area contributed by atoms with Gasteiger partial charge in [0.2, 0.25) is 17.8 Å². The summed E-state index contributed by atoms with van der Waals surface area (Å²) in [6, 6.07) is 2.11. The van der Waals surface area contributed by atoms with Crippen LogP contribution in [0, 0.1) is 0 Å². The van der Waals surface area contributed by atoms with Gasteiger partial charge in [0.25, 0.3) is 5.95 Å². The molecule has 0 unspecified atom stereocenters. The summed E-state index contributed by atoms with van der Waals surface area (Å²) in [5.74, 6) is 1.04. The van der Waals surface area contributed by atoms with Crippen molar-refractivity contribution < 1.29 is 4.79 Å². The van der Waals surface area contributed by atoms with Gasteiger partial charge in [-0.05, 0) is 18.9 Å². The number of hydrogen-bond donors (Lipinski definition) is 3. The van der Waals surface area contributed by atoms with Crippen LogP contribution < -0.4 is 16.0 Å². The van der Waals surface area contributed by atoms with Crippen molar-refractivity contribution in [2.75, 3.05) is 24.2 Å². The van der Waals surface area contributed by atoms with Gasteiger partial charge in [0.15, 0.2) is 0 Å². The van der Waals surface area contributed by atoms with Crippen LogP contribution in [0.5, 0.6) is 0 Å². The second kappa shape index (κ2) is 5.73. The predicted octanol–water partition coefficient (Wildman–Crippen LogP) is -0.211. The number of nitrogens with one attached hydrogen (secondary N) is 3. The molecule has 9 nitrogen and oxygen atoms in total. The number of anilines is 2. The molecule has 3 N–H and O–H groups in total. The Morgan fingerprint density at radius 1 is 1.33 bits per heavy atom. The van der Waals surface area contributed by atoms with Crippen LogP contribution in [0.4, 0.5) is 11.9 Å². The molecule has 2 heterocycles. The Labute approximate surface area is 121 Å². The highest BCUT2D eigenvalue weighted by Gasteiger charge is 2.23. The normalized spacial score (nSPS) is 13.8. The molecule has 1 aliphatic rings. The summed E-state index contributed by atoms with van der Waals surface area (Å²) in [5, 5.41) is 12.7. The molecule has 2 aromatic heterocycles. The largest absolute Gasteiger partial charge is 0.357 e. The Bertz CT molecular complexity index is 622. The van der Waals surface area contributed by atoms with Crippen LogP contribution in [0.25, 0.3) is 5.95 Å². The van der Waals surface area contributed by atoms with Crippen LogP contribution in [-0.2, 0) is 4.79 Å². The van der Waals surface area contributed by atoms with Crippen molar-refractivity contribution in [1.29, 1.82) is 0 Å². The van der Waals surface area contributed by atoms with Crippen molar-refractivity contribution in [3.8, 4) is 5.95 Å². The maximum atomic E-state index is 11.7. The molecular formula is C12H16N8O. The van der Waals surface area contributed by atoms with Gasteiger partial charge in [-0.2, -0.15) is 20.1 Å². The third-order valence-corrected chi connectivity index (χ3v) is 2.91. The highest BCUT2D eigenvalue weighted by Crippen LogP contribution is 2.18. The second-order valence-electron chi connectivity index (χ2n) is 4.68. The first-order valence-corrected chi connectivity index (χ1v) is 6.71. The monoisotopic (exact) mass is 288 g/mol. The molecule has 1 aliphatic carbocycles. The van der Waals surface area contributed by atoms with Crippen molar-refractivity contribution >= 4 is 17.8 Å². The second-order valence-corrected chi connectivity index (χ2v) is 4.68. The van der Waals surface area contributed by atoms with Gasteiger partial charge in [0.05, 0.1) is 6.54 Å². The van der Waals surface area contributed by atoms with E-state index in [9.17, 15) is 4.79 Å². The summed E-state index contributed by atoms with van der Waals surface area (Å²) < 4.78 is 1.53. The molecule has 0 aromatic carbocycles. The SMILES string of the molecule is CNc1nc(NCC(=O)NC2CC2)nc(-n2cccn2)n1. The highest BCUT2D eigenvalue weighted by atomic mass is 16.2. The van der Waals surface area contributed by atoms with E-state index in [-0.39, 0.29) is 12.5 Å². The van der Waals surface area contributed by atoms with Crippen molar-refractivity contribution in [2.24, 2.45) is 0 Å². The number of aromatic nitrogens is 5. The highest BCUT2D eigenvalue weighted by molar-refractivity contribution is 5.80. The van der Waals surface area contributed by atoms with E-state index in [0.717, 1.165) is 12.8 Å². The minimum atomic E-state index is -0.0652. The number of hydrogen-bond acceptors (Lipinski definition) is 7. The predicted molar refractivity (Wildman–Crippen MR) is 76.2 cm³/mol. The van der Waals surface area contributed by atoms with Crippen molar-refractivity contribution in [3.05, 3.63) is 18.5 Å². The lowest BCUT2D eigenvalue weighted by molar-refractivity contribution is -0.119. The quantitative estimate of drug-likeness (QED) is 0.674. The number of nitrogens with zero attached hydrogens (tertiary/aromatic N) is 5. The van der Waals surface area contributed by atoms with Crippen molar-refractivity contribution in [1.82, 2.24) is 30.0 Å². The molecule has 0 bridgehead atoms. The summed E-state index contributed by atoms with van der Waals surface area (Å²) in [4.78, 5) is 24.3. The molecule has 0 saturated heterocycles. The Hall–Kier alpha value is -2.71. The van der Waals surface area contributed by atoms with E-state index in [1.165, 1.54) is 4.68 Å². The standard InChI is InChI=1S/C12H16N8O/c1-13-10-17-11(14-7-9(21)16-8-3-4-8)19-12(18-10)20-6-2-5-15-20/h2,5-6,8H,3-4,7H2,1H3,(H,16,21)(H2,13,14,17,18,19). The fourth-order valence-electron chi connectivity index (χ4n) is 1.71. The number of amides is 1. The van der Waals surface area contributed by atoms with Crippen LogP contribution in [0.3, 0.4) is 0 Å². The van der Waals surface area contributed by atoms with Crippen LogP contribution in [0.1, 0.15) is 12.8 Å². The molecule has 0 atom stereocenters. The van der Waals surface area contributed by atoms with Crippen molar-refractivity contribution in [2.45, 2.75) is 18.9 Å². The van der Waals surface area contributed by atoms with E-state index in [4.69, 9.17) is 0 Å². The minimum Gasteiger partial charge on any atom is -0.357 e. The molecule has 1 amide bonds. The molecule has 0 spiro atoms. The minimum absolute atomic E-state index is 0.0652. The summed E-state index contributed by atoms with van der Waals surface area (Å²) >= 11 is 0. The van der Waals surface area contributed by atoms with Gasteiger partial charge in [0.1, 0.15) is 0 Å². The first-order chi connectivity index (χ1) is 10.2. The van der Waals surface area contributed by atoms with Gasteiger partial charge in [0, 0.05) is 25.5 Å². The Morgan fingerprint density at radius 3 is 2.81 bits per heavy atom. The van der Waals surface area contributed by atoms with Crippen LogP contribution in [-0.4, -0.2) is 50.3 Å². The van der Waals surface area contributed by atoms with Gasteiger partial charge < -0.3 is 16.0 Å². The smallest absolute Gasteiger partial charge is 0.257 e. The lowest BCUT2D eigenvalue weighted by atomic mass is 10.5. The van der Waals surface area contributed by atoms with Gasteiger partial charge >= 0.3 is 0 Å². The number of rotatable bonds is 6. The third-order valence-electron chi connectivity index (χ3n) is 2.91. The zero-order chi connectivity index (χ0) is 14.7. The molecule has 0 radical (unpaired) electrons. The fourth-order valence-corrected chi connectivity index (χ4v) is 1.71. The average Bonchev–Trinajstić information content (AvgIpc) is 3.14. The summed E-state index contributed by atoms with van der Waals surface area (Å²) in [7, 11) is 1.71. The molecule has 0 aliphatic heterocycles.